The second-order valence-corrected chi connectivity index (χ2v) is 8.13. The molecule has 0 atom stereocenters. The number of methoxy groups -OCH3 is 1. The van der Waals surface area contributed by atoms with E-state index in [1.54, 1.807) is 24.8 Å². The fraction of sp³-hybridized carbons (Fsp3) is 0.400. The van der Waals surface area contributed by atoms with Gasteiger partial charge in [-0.15, -0.1) is 11.3 Å². The third kappa shape index (κ3) is 2.88. The fourth-order valence-corrected chi connectivity index (χ4v) is 4.92. The van der Waals surface area contributed by atoms with Gasteiger partial charge in [-0.25, -0.2) is 15.0 Å². The summed E-state index contributed by atoms with van der Waals surface area (Å²) < 4.78 is 5.52. The van der Waals surface area contributed by atoms with E-state index in [0.717, 1.165) is 40.1 Å². The van der Waals surface area contributed by atoms with Crippen molar-refractivity contribution in [1.82, 2.24) is 19.9 Å². The molecule has 1 N–H and O–H groups in total. The van der Waals surface area contributed by atoms with Crippen LogP contribution in [0.3, 0.4) is 0 Å². The van der Waals surface area contributed by atoms with Crippen molar-refractivity contribution in [3.63, 3.8) is 0 Å². The molecule has 3 aromatic rings. The molecule has 1 amide bonds. The van der Waals surface area contributed by atoms with Crippen LogP contribution in [-0.4, -0.2) is 38.9 Å². The van der Waals surface area contributed by atoms with Gasteiger partial charge in [0.25, 0.3) is 5.91 Å². The number of fused-ring (bicyclic) bond motifs is 2. The first-order chi connectivity index (χ1) is 13.7. The zero-order chi connectivity index (χ0) is 19.1. The van der Waals surface area contributed by atoms with Gasteiger partial charge in [0.15, 0.2) is 0 Å². The molecule has 0 spiro atoms. The number of nitrogens with zero attached hydrogens (tertiary/aromatic N) is 4. The van der Waals surface area contributed by atoms with E-state index >= 15 is 0 Å². The predicted molar refractivity (Wildman–Crippen MR) is 108 cm³/mol. The molecule has 1 aliphatic carbocycles. The van der Waals surface area contributed by atoms with E-state index in [4.69, 9.17) is 4.74 Å². The van der Waals surface area contributed by atoms with Gasteiger partial charge in [-0.2, -0.15) is 0 Å². The lowest BCUT2D eigenvalue weighted by atomic mass is 10.1. The minimum Gasteiger partial charge on any atom is -0.481 e. The van der Waals surface area contributed by atoms with Crippen molar-refractivity contribution in [3.8, 4) is 5.88 Å². The molecule has 28 heavy (non-hydrogen) atoms. The molecule has 2 aliphatic rings. The highest BCUT2D eigenvalue weighted by molar-refractivity contribution is 7.16. The number of pyridine rings is 1. The van der Waals surface area contributed by atoms with Gasteiger partial charge in [-0.05, 0) is 30.4 Å². The van der Waals surface area contributed by atoms with Crippen LogP contribution >= 0.6 is 11.3 Å². The molecule has 144 valence electrons. The number of carbonyl (C=O) groups excluding carboxylic acids is 1. The molecule has 5 rings (SSSR count). The van der Waals surface area contributed by atoms with Gasteiger partial charge in [-0.3, -0.25) is 4.79 Å². The van der Waals surface area contributed by atoms with Gasteiger partial charge in [0, 0.05) is 18.2 Å². The fourth-order valence-electron chi connectivity index (χ4n) is 4.19. The molecule has 4 heterocycles. The maximum Gasteiger partial charge on any atom is 0.256 e. The molecule has 0 bridgehead atoms. The third-order valence-corrected chi connectivity index (χ3v) is 6.44. The van der Waals surface area contributed by atoms with Crippen molar-refractivity contribution in [2.75, 3.05) is 12.4 Å². The molecule has 0 radical (unpaired) electrons. The molecule has 0 unspecified atom stereocenters. The number of hydrogen-bond donors (Lipinski definition) is 1. The summed E-state index contributed by atoms with van der Waals surface area (Å²) in [5, 5.41) is 6.34. The SMILES string of the molecule is COc1nc2c(cc1CNc1ncnc3sccc13)C(=O)N(C1CCCC1)C2. The smallest absolute Gasteiger partial charge is 0.256 e. The van der Waals surface area contributed by atoms with Crippen LogP contribution in [0.4, 0.5) is 5.82 Å². The Morgan fingerprint density at radius 3 is 3.00 bits per heavy atom. The van der Waals surface area contributed by atoms with Crippen molar-refractivity contribution in [3.05, 3.63) is 40.7 Å². The summed E-state index contributed by atoms with van der Waals surface area (Å²) >= 11 is 1.58. The Balaban J connectivity index is 1.41. The van der Waals surface area contributed by atoms with Crippen LogP contribution in [0, 0.1) is 0 Å². The number of thiophene rings is 1. The monoisotopic (exact) mass is 395 g/mol. The van der Waals surface area contributed by atoms with Crippen molar-refractivity contribution < 1.29 is 9.53 Å². The van der Waals surface area contributed by atoms with Gasteiger partial charge < -0.3 is 15.0 Å². The first kappa shape index (κ1) is 17.4. The number of aromatic nitrogens is 3. The quantitative estimate of drug-likeness (QED) is 0.711. The van der Waals surface area contributed by atoms with Gasteiger partial charge in [-0.1, -0.05) is 12.8 Å². The van der Waals surface area contributed by atoms with Crippen LogP contribution in [0.5, 0.6) is 5.88 Å². The van der Waals surface area contributed by atoms with Crippen LogP contribution in [-0.2, 0) is 13.1 Å². The molecule has 0 saturated heterocycles. The Morgan fingerprint density at radius 1 is 1.32 bits per heavy atom. The molecule has 1 aliphatic heterocycles. The number of hydrogen-bond acceptors (Lipinski definition) is 7. The van der Waals surface area contributed by atoms with Crippen LogP contribution in [0.2, 0.25) is 0 Å². The average Bonchev–Trinajstić information content (AvgIpc) is 3.46. The van der Waals surface area contributed by atoms with Crippen LogP contribution < -0.4 is 10.1 Å². The van der Waals surface area contributed by atoms with Crippen LogP contribution in [0.25, 0.3) is 10.2 Å². The van der Waals surface area contributed by atoms with Gasteiger partial charge in [0.2, 0.25) is 5.88 Å². The van der Waals surface area contributed by atoms with Crippen LogP contribution in [0.15, 0.2) is 23.8 Å². The summed E-state index contributed by atoms with van der Waals surface area (Å²) in [4.78, 5) is 29.2. The van der Waals surface area contributed by atoms with Gasteiger partial charge in [0.05, 0.1) is 30.3 Å². The normalized spacial score (nSPS) is 16.8. The number of amides is 1. The summed E-state index contributed by atoms with van der Waals surface area (Å²) in [5.41, 5.74) is 2.37. The van der Waals surface area contributed by atoms with Crippen molar-refractivity contribution in [2.24, 2.45) is 0 Å². The van der Waals surface area contributed by atoms with Crippen molar-refractivity contribution in [2.45, 2.75) is 44.8 Å². The number of carbonyl (C=O) groups is 1. The highest BCUT2D eigenvalue weighted by atomic mass is 32.1. The van der Waals surface area contributed by atoms with Crippen LogP contribution in [0.1, 0.15) is 47.3 Å². The lowest BCUT2D eigenvalue weighted by Crippen LogP contribution is -2.33. The molecular weight excluding hydrogens is 374 g/mol. The minimum absolute atomic E-state index is 0.0977. The van der Waals surface area contributed by atoms with E-state index in [0.29, 0.717) is 30.6 Å². The standard InChI is InChI=1S/C20H21N5O2S/c1-27-18-12(9-21-17-14-6-7-28-19(14)23-11-22-17)8-15-16(24-18)10-25(20(15)26)13-4-2-3-5-13/h6-8,11,13H,2-5,9-10H2,1H3,(H,21,22,23). The highest BCUT2D eigenvalue weighted by Crippen LogP contribution is 2.33. The topological polar surface area (TPSA) is 80.2 Å². The summed E-state index contributed by atoms with van der Waals surface area (Å²) in [5.74, 6) is 1.43. The van der Waals surface area contributed by atoms with E-state index < -0.39 is 0 Å². The zero-order valence-electron chi connectivity index (χ0n) is 15.6. The molecule has 8 heteroatoms. The Kier molecular flexibility index (Phi) is 4.35. The van der Waals surface area contributed by atoms with E-state index in [1.165, 1.54) is 12.8 Å². The van der Waals surface area contributed by atoms with E-state index in [1.807, 2.05) is 22.4 Å². The molecule has 1 fully saturated rings. The van der Waals surface area contributed by atoms with E-state index in [-0.39, 0.29) is 5.91 Å². The average molecular weight is 395 g/mol. The zero-order valence-corrected chi connectivity index (χ0v) is 16.5. The summed E-state index contributed by atoms with van der Waals surface area (Å²) in [6, 6.07) is 4.28. The third-order valence-electron chi connectivity index (χ3n) is 5.62. The molecular formula is C20H21N5O2S. The second kappa shape index (κ2) is 7.01. The Labute approximate surface area is 166 Å². The Hall–Kier alpha value is -2.74. The van der Waals surface area contributed by atoms with E-state index in [2.05, 4.69) is 20.3 Å². The van der Waals surface area contributed by atoms with Crippen molar-refractivity contribution in [1.29, 1.82) is 0 Å². The molecule has 7 nitrogen and oxygen atoms in total. The summed E-state index contributed by atoms with van der Waals surface area (Å²) in [6.07, 6.45) is 6.15. The maximum atomic E-state index is 13.0. The summed E-state index contributed by atoms with van der Waals surface area (Å²) in [7, 11) is 1.62. The van der Waals surface area contributed by atoms with Gasteiger partial charge in [0.1, 0.15) is 17.0 Å². The Bertz CT molecular complexity index is 1040. The largest absolute Gasteiger partial charge is 0.481 e. The first-order valence-electron chi connectivity index (χ1n) is 9.54. The number of rotatable bonds is 5. The number of anilines is 1. The lowest BCUT2D eigenvalue weighted by Gasteiger charge is -2.22. The molecule has 1 saturated carbocycles. The number of nitrogens with one attached hydrogen (secondary N) is 1. The highest BCUT2D eigenvalue weighted by Gasteiger charge is 2.35. The first-order valence-corrected chi connectivity index (χ1v) is 10.4. The Morgan fingerprint density at radius 2 is 2.18 bits per heavy atom. The molecule has 3 aromatic heterocycles. The van der Waals surface area contributed by atoms with Gasteiger partial charge >= 0.3 is 0 Å². The van der Waals surface area contributed by atoms with E-state index in [9.17, 15) is 4.79 Å². The summed E-state index contributed by atoms with van der Waals surface area (Å²) in [6.45, 7) is 1.06. The van der Waals surface area contributed by atoms with Crippen molar-refractivity contribution >= 4 is 33.3 Å². The number of ether oxygens (including phenoxy) is 1. The molecule has 0 aromatic carbocycles. The minimum atomic E-state index is 0.0977. The second-order valence-electron chi connectivity index (χ2n) is 7.24. The lowest BCUT2D eigenvalue weighted by molar-refractivity contribution is 0.0706. The maximum absolute atomic E-state index is 13.0. The predicted octanol–water partition coefficient (Wildman–Crippen LogP) is 3.61.